The molecule has 0 bridgehead atoms. The van der Waals surface area contributed by atoms with Crippen molar-refractivity contribution in [3.05, 3.63) is 47.8 Å². The molecule has 1 fully saturated rings. The topological polar surface area (TPSA) is 53.4 Å². The molecule has 1 saturated heterocycles. The molecule has 1 atom stereocenters. The fraction of sp³-hybridized carbons (Fsp3) is 0.524. The number of hydrogen-bond acceptors (Lipinski definition) is 4. The molecule has 1 unspecified atom stereocenters. The van der Waals surface area contributed by atoms with E-state index in [1.807, 2.05) is 13.1 Å². The van der Waals surface area contributed by atoms with Crippen molar-refractivity contribution in [1.82, 2.24) is 20.0 Å². The molecular formula is C21H31N5O. The first kappa shape index (κ1) is 19.4. The van der Waals surface area contributed by atoms with Gasteiger partial charge in [0.15, 0.2) is 0 Å². The molecule has 1 aliphatic heterocycles. The summed E-state index contributed by atoms with van der Waals surface area (Å²) in [6, 6.07) is 12.5. The van der Waals surface area contributed by atoms with E-state index in [9.17, 15) is 4.79 Å². The molecule has 27 heavy (non-hydrogen) atoms. The van der Waals surface area contributed by atoms with Crippen LogP contribution in [0.3, 0.4) is 0 Å². The van der Waals surface area contributed by atoms with Gasteiger partial charge in [0.2, 0.25) is 0 Å². The summed E-state index contributed by atoms with van der Waals surface area (Å²) in [5, 5.41) is 7.56. The Kier molecular flexibility index (Phi) is 6.16. The number of nitrogens with zero attached hydrogens (tertiary/aromatic N) is 4. The van der Waals surface area contributed by atoms with Gasteiger partial charge in [-0.1, -0.05) is 32.0 Å². The third kappa shape index (κ3) is 4.89. The van der Waals surface area contributed by atoms with E-state index >= 15 is 0 Å². The summed E-state index contributed by atoms with van der Waals surface area (Å²) in [5.74, 6) is 0.267. The smallest absolute Gasteiger partial charge is 0.269 e. The van der Waals surface area contributed by atoms with Gasteiger partial charge in [-0.2, -0.15) is 5.10 Å². The zero-order valence-corrected chi connectivity index (χ0v) is 16.9. The van der Waals surface area contributed by atoms with Gasteiger partial charge in [-0.25, -0.2) is 0 Å². The lowest BCUT2D eigenvalue weighted by atomic mass is 10.1. The Balaban J connectivity index is 1.48. The fourth-order valence-electron chi connectivity index (χ4n) is 3.54. The van der Waals surface area contributed by atoms with Gasteiger partial charge in [0.25, 0.3) is 5.91 Å². The van der Waals surface area contributed by atoms with Crippen molar-refractivity contribution < 1.29 is 4.79 Å². The third-order valence-electron chi connectivity index (χ3n) is 5.13. The standard InChI is InChI=1S/C21H31N5O/c1-16(2)19-14-20(24(4)23-19)21(27)22-17(3)15-25-10-12-26(13-11-25)18-8-6-5-7-9-18/h5-9,14,16-17H,10-13,15H2,1-4H3,(H,22,27). The average molecular weight is 370 g/mol. The van der Waals surface area contributed by atoms with Crippen LogP contribution >= 0.6 is 0 Å². The Morgan fingerprint density at radius 1 is 1.11 bits per heavy atom. The Morgan fingerprint density at radius 2 is 1.78 bits per heavy atom. The van der Waals surface area contributed by atoms with Gasteiger partial charge in [0, 0.05) is 51.5 Å². The number of amides is 1. The van der Waals surface area contributed by atoms with Gasteiger partial charge < -0.3 is 10.2 Å². The lowest BCUT2D eigenvalue weighted by Gasteiger charge is -2.37. The van der Waals surface area contributed by atoms with Crippen LogP contribution in [0, 0.1) is 0 Å². The predicted octanol–water partition coefficient (Wildman–Crippen LogP) is 2.48. The maximum atomic E-state index is 12.6. The van der Waals surface area contributed by atoms with E-state index in [1.54, 1.807) is 4.68 Å². The molecule has 0 spiro atoms. The number of para-hydroxylation sites is 1. The number of nitrogens with one attached hydrogen (secondary N) is 1. The first-order valence-corrected chi connectivity index (χ1v) is 9.81. The molecule has 0 radical (unpaired) electrons. The van der Waals surface area contributed by atoms with Crippen LogP contribution < -0.4 is 10.2 Å². The molecule has 1 aromatic heterocycles. The van der Waals surface area contributed by atoms with Crippen LogP contribution in [-0.2, 0) is 7.05 Å². The average Bonchev–Trinajstić information content (AvgIpc) is 3.05. The second-order valence-corrected chi connectivity index (χ2v) is 7.73. The molecule has 3 rings (SSSR count). The molecule has 1 amide bonds. The minimum Gasteiger partial charge on any atom is -0.369 e. The molecule has 6 nitrogen and oxygen atoms in total. The number of rotatable bonds is 6. The minimum absolute atomic E-state index is 0.0488. The molecule has 146 valence electrons. The van der Waals surface area contributed by atoms with E-state index in [0.29, 0.717) is 11.6 Å². The number of hydrogen-bond donors (Lipinski definition) is 1. The quantitative estimate of drug-likeness (QED) is 0.850. The van der Waals surface area contributed by atoms with E-state index in [-0.39, 0.29) is 11.9 Å². The normalized spacial score (nSPS) is 16.6. The van der Waals surface area contributed by atoms with E-state index in [2.05, 4.69) is 71.3 Å². The Bertz CT molecular complexity index is 747. The highest BCUT2D eigenvalue weighted by molar-refractivity contribution is 5.92. The van der Waals surface area contributed by atoms with Crippen LogP contribution in [0.15, 0.2) is 36.4 Å². The monoisotopic (exact) mass is 369 g/mol. The summed E-state index contributed by atoms with van der Waals surface area (Å²) in [5.41, 5.74) is 2.86. The summed E-state index contributed by atoms with van der Waals surface area (Å²) in [6.45, 7) is 11.2. The predicted molar refractivity (Wildman–Crippen MR) is 109 cm³/mol. The van der Waals surface area contributed by atoms with Crippen molar-refractivity contribution in [3.8, 4) is 0 Å². The first-order chi connectivity index (χ1) is 12.9. The van der Waals surface area contributed by atoms with Crippen LogP contribution in [0.2, 0.25) is 0 Å². The Labute approximate surface area is 162 Å². The van der Waals surface area contributed by atoms with Crippen molar-refractivity contribution in [2.45, 2.75) is 32.7 Å². The van der Waals surface area contributed by atoms with Crippen LogP contribution in [-0.4, -0.2) is 59.4 Å². The van der Waals surface area contributed by atoms with E-state index in [0.717, 1.165) is 38.4 Å². The van der Waals surface area contributed by atoms with E-state index < -0.39 is 0 Å². The lowest BCUT2D eigenvalue weighted by molar-refractivity contribution is 0.0918. The number of piperazine rings is 1. The number of carbonyl (C=O) groups excluding carboxylic acids is 1. The van der Waals surface area contributed by atoms with Gasteiger partial charge in [0.05, 0.1) is 5.69 Å². The van der Waals surface area contributed by atoms with Crippen LogP contribution in [0.25, 0.3) is 0 Å². The second kappa shape index (κ2) is 8.57. The SMILES string of the molecule is CC(CN1CCN(c2ccccc2)CC1)NC(=O)c1cc(C(C)C)nn1C. The zero-order valence-electron chi connectivity index (χ0n) is 16.9. The number of aromatic nitrogens is 2. The van der Waals surface area contributed by atoms with Crippen LogP contribution in [0.4, 0.5) is 5.69 Å². The van der Waals surface area contributed by atoms with Crippen LogP contribution in [0.5, 0.6) is 0 Å². The first-order valence-electron chi connectivity index (χ1n) is 9.81. The van der Waals surface area contributed by atoms with Crippen molar-refractivity contribution in [2.75, 3.05) is 37.6 Å². The van der Waals surface area contributed by atoms with Gasteiger partial charge in [-0.05, 0) is 31.0 Å². The van der Waals surface area contributed by atoms with Gasteiger partial charge >= 0.3 is 0 Å². The van der Waals surface area contributed by atoms with E-state index in [1.165, 1.54) is 5.69 Å². The summed E-state index contributed by atoms with van der Waals surface area (Å²) < 4.78 is 1.68. The van der Waals surface area contributed by atoms with Gasteiger partial charge in [-0.3, -0.25) is 14.4 Å². The summed E-state index contributed by atoms with van der Waals surface area (Å²) in [6.07, 6.45) is 0. The number of aryl methyl sites for hydroxylation is 1. The summed E-state index contributed by atoms with van der Waals surface area (Å²) >= 11 is 0. The largest absolute Gasteiger partial charge is 0.369 e. The summed E-state index contributed by atoms with van der Waals surface area (Å²) in [7, 11) is 1.83. The Morgan fingerprint density at radius 3 is 2.37 bits per heavy atom. The maximum Gasteiger partial charge on any atom is 0.269 e. The number of carbonyl (C=O) groups is 1. The second-order valence-electron chi connectivity index (χ2n) is 7.73. The third-order valence-corrected chi connectivity index (χ3v) is 5.13. The van der Waals surface area contributed by atoms with Crippen LogP contribution in [0.1, 0.15) is 42.9 Å². The molecule has 0 aliphatic carbocycles. The minimum atomic E-state index is -0.0488. The summed E-state index contributed by atoms with van der Waals surface area (Å²) in [4.78, 5) is 17.4. The number of anilines is 1. The van der Waals surface area contributed by atoms with Gasteiger partial charge in [0.1, 0.15) is 5.69 Å². The number of benzene rings is 1. The van der Waals surface area contributed by atoms with Gasteiger partial charge in [-0.15, -0.1) is 0 Å². The van der Waals surface area contributed by atoms with Crippen molar-refractivity contribution in [2.24, 2.45) is 7.05 Å². The van der Waals surface area contributed by atoms with Crippen molar-refractivity contribution in [3.63, 3.8) is 0 Å². The highest BCUT2D eigenvalue weighted by Crippen LogP contribution is 2.16. The highest BCUT2D eigenvalue weighted by atomic mass is 16.2. The van der Waals surface area contributed by atoms with E-state index in [4.69, 9.17) is 0 Å². The fourth-order valence-corrected chi connectivity index (χ4v) is 3.54. The maximum absolute atomic E-state index is 12.6. The molecule has 1 aromatic carbocycles. The zero-order chi connectivity index (χ0) is 19.4. The molecule has 0 saturated carbocycles. The molecule has 2 aromatic rings. The Hall–Kier alpha value is -2.34. The molecule has 1 aliphatic rings. The lowest BCUT2D eigenvalue weighted by Crippen LogP contribution is -2.51. The molecule has 6 heteroatoms. The molecule has 1 N–H and O–H groups in total. The van der Waals surface area contributed by atoms with Crippen molar-refractivity contribution in [1.29, 1.82) is 0 Å². The highest BCUT2D eigenvalue weighted by Gasteiger charge is 2.21. The molecular weight excluding hydrogens is 338 g/mol. The van der Waals surface area contributed by atoms with Crippen molar-refractivity contribution >= 4 is 11.6 Å². The molecule has 2 heterocycles.